The van der Waals surface area contributed by atoms with Crippen LogP contribution in [0.4, 0.5) is 5.82 Å². The molecule has 26 heavy (non-hydrogen) atoms. The second-order valence-electron chi connectivity index (χ2n) is 6.16. The van der Waals surface area contributed by atoms with Gasteiger partial charge in [0.05, 0.1) is 12.8 Å². The maximum atomic E-state index is 12.4. The number of carbonyl (C=O) groups excluding carboxylic acids is 1. The first-order valence-corrected chi connectivity index (χ1v) is 8.92. The van der Waals surface area contributed by atoms with E-state index in [1.165, 1.54) is 6.20 Å². The van der Waals surface area contributed by atoms with E-state index < -0.39 is 5.97 Å². The van der Waals surface area contributed by atoms with E-state index in [-0.39, 0.29) is 18.3 Å². The highest BCUT2D eigenvalue weighted by Crippen LogP contribution is 2.29. The van der Waals surface area contributed by atoms with Crippen LogP contribution in [-0.2, 0) is 9.47 Å². The minimum atomic E-state index is -0.484. The molecule has 0 unspecified atom stereocenters. The summed E-state index contributed by atoms with van der Waals surface area (Å²) in [5, 5.41) is 13.7. The highest BCUT2D eigenvalue weighted by molar-refractivity contribution is 5.91. The molecule has 0 radical (unpaired) electrons. The van der Waals surface area contributed by atoms with E-state index in [4.69, 9.17) is 9.47 Å². The fourth-order valence-electron chi connectivity index (χ4n) is 3.45. The molecule has 0 amide bonds. The highest BCUT2D eigenvalue weighted by Gasteiger charge is 2.28. The third-order valence-corrected chi connectivity index (χ3v) is 4.69. The van der Waals surface area contributed by atoms with Gasteiger partial charge in [-0.25, -0.2) is 9.78 Å². The number of nitriles is 1. The molecule has 2 aromatic rings. The second-order valence-corrected chi connectivity index (χ2v) is 6.16. The third-order valence-electron chi connectivity index (χ3n) is 4.69. The first-order chi connectivity index (χ1) is 12.6. The summed E-state index contributed by atoms with van der Waals surface area (Å²) in [6.45, 7) is 8.11. The largest absolute Gasteiger partial charge is 0.461 e. The van der Waals surface area contributed by atoms with E-state index in [1.54, 1.807) is 11.4 Å². The monoisotopic (exact) mass is 357 g/mol. The van der Waals surface area contributed by atoms with Gasteiger partial charge in [-0.15, -0.1) is 0 Å². The Hall–Kier alpha value is -2.66. The molecule has 1 aliphatic heterocycles. The van der Waals surface area contributed by atoms with E-state index >= 15 is 0 Å². The van der Waals surface area contributed by atoms with Crippen LogP contribution in [0.25, 0.3) is 5.65 Å². The standard InChI is InChI=1S/C18H23N5O3/c1-4-22(14-6-8-25-9-7-14)17-12(3)15(18(24)26-5-2)21-16-13(10-19)11-20-23(16)17/h11,14H,4-9H2,1-3H3. The van der Waals surface area contributed by atoms with Crippen LogP contribution in [0, 0.1) is 18.3 Å². The van der Waals surface area contributed by atoms with Crippen LogP contribution < -0.4 is 4.90 Å². The lowest BCUT2D eigenvalue weighted by atomic mass is 10.1. The molecule has 0 N–H and O–H groups in total. The van der Waals surface area contributed by atoms with Gasteiger partial charge in [0.2, 0.25) is 0 Å². The van der Waals surface area contributed by atoms with E-state index in [9.17, 15) is 10.1 Å². The van der Waals surface area contributed by atoms with Crippen LogP contribution >= 0.6 is 0 Å². The van der Waals surface area contributed by atoms with Crippen molar-refractivity contribution >= 4 is 17.4 Å². The molecule has 2 aromatic heterocycles. The Bertz CT molecular complexity index is 849. The Morgan fingerprint density at radius 2 is 2.19 bits per heavy atom. The summed E-state index contributed by atoms with van der Waals surface area (Å²) in [5.74, 6) is 0.302. The van der Waals surface area contributed by atoms with Crippen molar-refractivity contribution in [3.8, 4) is 6.07 Å². The van der Waals surface area contributed by atoms with Gasteiger partial charge >= 0.3 is 5.97 Å². The number of anilines is 1. The predicted molar refractivity (Wildman–Crippen MR) is 95.3 cm³/mol. The molecule has 3 rings (SSSR count). The summed E-state index contributed by atoms with van der Waals surface area (Å²) in [6.07, 6.45) is 3.29. The Balaban J connectivity index is 2.21. The number of nitrogens with zero attached hydrogens (tertiary/aromatic N) is 5. The van der Waals surface area contributed by atoms with Crippen molar-refractivity contribution in [2.75, 3.05) is 31.3 Å². The summed E-state index contributed by atoms with van der Waals surface area (Å²) < 4.78 is 12.3. The van der Waals surface area contributed by atoms with Crippen LogP contribution in [0.3, 0.4) is 0 Å². The maximum Gasteiger partial charge on any atom is 0.357 e. The lowest BCUT2D eigenvalue weighted by Crippen LogP contribution is -2.41. The Morgan fingerprint density at radius 1 is 1.46 bits per heavy atom. The SMILES string of the molecule is CCOC(=O)c1nc2c(C#N)cnn2c(N(CC)C2CCOCC2)c1C. The molecule has 0 bridgehead atoms. The van der Waals surface area contributed by atoms with E-state index in [1.807, 2.05) is 6.92 Å². The Kier molecular flexibility index (Phi) is 5.38. The molecule has 138 valence electrons. The molecule has 0 saturated carbocycles. The van der Waals surface area contributed by atoms with Crippen molar-refractivity contribution < 1.29 is 14.3 Å². The number of hydrogen-bond donors (Lipinski definition) is 0. The predicted octanol–water partition coefficient (Wildman–Crippen LogP) is 2.09. The number of carbonyl (C=O) groups is 1. The van der Waals surface area contributed by atoms with Gasteiger partial charge in [-0.2, -0.15) is 14.9 Å². The summed E-state index contributed by atoms with van der Waals surface area (Å²) >= 11 is 0. The van der Waals surface area contributed by atoms with Crippen LogP contribution in [0.2, 0.25) is 0 Å². The zero-order valence-corrected chi connectivity index (χ0v) is 15.4. The van der Waals surface area contributed by atoms with Crippen molar-refractivity contribution in [1.82, 2.24) is 14.6 Å². The summed E-state index contributed by atoms with van der Waals surface area (Å²) in [7, 11) is 0. The maximum absolute atomic E-state index is 12.4. The van der Waals surface area contributed by atoms with Gasteiger partial charge in [0, 0.05) is 31.4 Å². The molecule has 0 aliphatic carbocycles. The van der Waals surface area contributed by atoms with Gasteiger partial charge < -0.3 is 14.4 Å². The number of fused-ring (bicyclic) bond motifs is 1. The fraction of sp³-hybridized carbons (Fsp3) is 0.556. The van der Waals surface area contributed by atoms with Crippen LogP contribution in [0.5, 0.6) is 0 Å². The Labute approximate surface area is 152 Å². The van der Waals surface area contributed by atoms with Gasteiger partial charge in [-0.1, -0.05) is 0 Å². The smallest absolute Gasteiger partial charge is 0.357 e. The molecule has 8 heteroatoms. The first-order valence-electron chi connectivity index (χ1n) is 8.92. The van der Waals surface area contributed by atoms with E-state index in [0.717, 1.165) is 25.2 Å². The van der Waals surface area contributed by atoms with Gasteiger partial charge in [0.15, 0.2) is 11.3 Å². The van der Waals surface area contributed by atoms with Crippen LogP contribution in [-0.4, -0.2) is 53.0 Å². The molecule has 0 atom stereocenters. The van der Waals surface area contributed by atoms with Crippen LogP contribution in [0.1, 0.15) is 48.3 Å². The molecule has 1 saturated heterocycles. The summed E-state index contributed by atoms with van der Waals surface area (Å²) in [6, 6.07) is 2.38. The normalized spacial score (nSPS) is 15.0. The highest BCUT2D eigenvalue weighted by atomic mass is 16.5. The van der Waals surface area contributed by atoms with Crippen LogP contribution in [0.15, 0.2) is 6.20 Å². The lowest BCUT2D eigenvalue weighted by Gasteiger charge is -2.36. The average Bonchev–Trinajstić information content (AvgIpc) is 3.07. The number of ether oxygens (including phenoxy) is 2. The quantitative estimate of drug-likeness (QED) is 0.756. The summed E-state index contributed by atoms with van der Waals surface area (Å²) in [5.41, 5.74) is 1.65. The molecule has 0 spiro atoms. The van der Waals surface area contributed by atoms with Crippen molar-refractivity contribution in [2.24, 2.45) is 0 Å². The number of aromatic nitrogens is 3. The topological polar surface area (TPSA) is 92.8 Å². The first kappa shape index (κ1) is 18.1. The molecule has 0 aromatic carbocycles. The van der Waals surface area contributed by atoms with Crippen molar-refractivity contribution in [3.63, 3.8) is 0 Å². The van der Waals surface area contributed by atoms with E-state index in [0.29, 0.717) is 30.0 Å². The minimum absolute atomic E-state index is 0.233. The van der Waals surface area contributed by atoms with Crippen molar-refractivity contribution in [1.29, 1.82) is 5.26 Å². The van der Waals surface area contributed by atoms with E-state index in [2.05, 4.69) is 28.0 Å². The zero-order valence-electron chi connectivity index (χ0n) is 15.4. The van der Waals surface area contributed by atoms with Crippen molar-refractivity contribution in [2.45, 2.75) is 39.7 Å². The zero-order chi connectivity index (χ0) is 18.7. The third kappa shape index (κ3) is 3.10. The van der Waals surface area contributed by atoms with Gasteiger partial charge in [-0.3, -0.25) is 0 Å². The molecule has 1 aliphatic rings. The fourth-order valence-corrected chi connectivity index (χ4v) is 3.45. The molecular weight excluding hydrogens is 334 g/mol. The van der Waals surface area contributed by atoms with Gasteiger partial charge in [0.25, 0.3) is 0 Å². The minimum Gasteiger partial charge on any atom is -0.461 e. The van der Waals surface area contributed by atoms with Gasteiger partial charge in [-0.05, 0) is 33.6 Å². The second kappa shape index (κ2) is 7.70. The van der Waals surface area contributed by atoms with Crippen molar-refractivity contribution in [3.05, 3.63) is 23.0 Å². The molecule has 8 nitrogen and oxygen atoms in total. The number of hydrogen-bond acceptors (Lipinski definition) is 7. The molecule has 1 fully saturated rings. The molecule has 3 heterocycles. The molecular formula is C18H23N5O3. The average molecular weight is 357 g/mol. The Morgan fingerprint density at radius 3 is 2.81 bits per heavy atom. The number of esters is 1. The summed E-state index contributed by atoms with van der Waals surface area (Å²) in [4.78, 5) is 19.1. The lowest BCUT2D eigenvalue weighted by molar-refractivity contribution is 0.0518. The van der Waals surface area contributed by atoms with Gasteiger partial charge in [0.1, 0.15) is 17.5 Å². The number of rotatable bonds is 5.